The summed E-state index contributed by atoms with van der Waals surface area (Å²) >= 11 is -0.0554. The van der Waals surface area contributed by atoms with Crippen LogP contribution in [-0.4, -0.2) is 0 Å². The molecule has 0 unspecified atom stereocenters. The third kappa shape index (κ3) is 1.16. The highest BCUT2D eigenvalue weighted by Crippen LogP contribution is 2.10. The van der Waals surface area contributed by atoms with Crippen LogP contribution in [0.4, 0.5) is 8.78 Å². The van der Waals surface area contributed by atoms with E-state index in [1.165, 1.54) is 12.1 Å². The first kappa shape index (κ1) is 7.21. The van der Waals surface area contributed by atoms with Crippen molar-refractivity contribution in [2.24, 2.45) is 0 Å². The van der Waals surface area contributed by atoms with E-state index in [9.17, 15) is 13.0 Å². The number of hydrogen-bond donors (Lipinski definition) is 0. The molecule has 10 heavy (non-hydrogen) atoms. The standard InChI is InChI=1S/C6H3F2OS/c7-4-2-1-3-5(10-9)6(4)8/h1-3H/q+1. The lowest BCUT2D eigenvalue weighted by Gasteiger charge is -1.84. The summed E-state index contributed by atoms with van der Waals surface area (Å²) in [5, 5.41) is 0. The van der Waals surface area contributed by atoms with Crippen LogP contribution in [0.2, 0.25) is 0 Å². The molecule has 0 aromatic heterocycles. The average Bonchev–Trinajstić information content (AvgIpc) is 1.95. The van der Waals surface area contributed by atoms with E-state index in [1.807, 2.05) is 0 Å². The van der Waals surface area contributed by atoms with Crippen LogP contribution < -0.4 is 0 Å². The molecule has 0 atom stereocenters. The molecule has 52 valence electrons. The van der Waals surface area contributed by atoms with Crippen LogP contribution >= 0.6 is 0 Å². The van der Waals surface area contributed by atoms with E-state index in [0.717, 1.165) is 6.07 Å². The summed E-state index contributed by atoms with van der Waals surface area (Å²) in [5.74, 6) is -2.05. The molecule has 0 radical (unpaired) electrons. The second-order valence-corrected chi connectivity index (χ2v) is 2.24. The highest BCUT2D eigenvalue weighted by molar-refractivity contribution is 7.65. The van der Waals surface area contributed by atoms with Crippen molar-refractivity contribution in [3.63, 3.8) is 0 Å². The largest absolute Gasteiger partial charge is 0.508 e. The van der Waals surface area contributed by atoms with Crippen molar-refractivity contribution in [3.8, 4) is 0 Å². The molecule has 1 aromatic rings. The van der Waals surface area contributed by atoms with E-state index in [1.54, 1.807) is 0 Å². The van der Waals surface area contributed by atoms with E-state index < -0.39 is 11.6 Å². The zero-order valence-electron chi connectivity index (χ0n) is 4.80. The minimum Gasteiger partial charge on any atom is -0.204 e. The van der Waals surface area contributed by atoms with Gasteiger partial charge in [0.25, 0.3) is 0 Å². The molecule has 0 bridgehead atoms. The van der Waals surface area contributed by atoms with Gasteiger partial charge in [-0.05, 0) is 6.07 Å². The minimum atomic E-state index is -1.07. The van der Waals surface area contributed by atoms with Gasteiger partial charge in [-0.25, -0.2) is 4.39 Å². The van der Waals surface area contributed by atoms with Gasteiger partial charge in [-0.1, -0.05) is 6.07 Å². The quantitative estimate of drug-likeness (QED) is 0.573. The molecular weight excluding hydrogens is 158 g/mol. The van der Waals surface area contributed by atoms with Gasteiger partial charge < -0.3 is 0 Å². The molecule has 0 aliphatic carbocycles. The Morgan fingerprint density at radius 2 is 2.00 bits per heavy atom. The first-order chi connectivity index (χ1) is 4.75. The molecule has 1 aromatic carbocycles. The van der Waals surface area contributed by atoms with E-state index in [4.69, 9.17) is 0 Å². The SMILES string of the molecule is O=[S+]c1cccc(F)c1F. The molecule has 0 saturated carbocycles. The molecule has 0 aliphatic heterocycles. The maximum Gasteiger partial charge on any atom is 0.508 e. The van der Waals surface area contributed by atoms with Crippen LogP contribution in [-0.2, 0) is 15.9 Å². The van der Waals surface area contributed by atoms with Gasteiger partial charge in [-0.15, -0.1) is 0 Å². The predicted octanol–water partition coefficient (Wildman–Crippen LogP) is 1.75. The Labute approximate surface area is 60.2 Å². The highest BCUT2D eigenvalue weighted by Gasteiger charge is 2.17. The molecule has 0 fully saturated rings. The number of benzene rings is 1. The van der Waals surface area contributed by atoms with Gasteiger partial charge in [-0.2, -0.15) is 4.39 Å². The molecular formula is C6H3F2OS+. The minimum absolute atomic E-state index is 0.0554. The van der Waals surface area contributed by atoms with Crippen molar-refractivity contribution >= 4 is 11.7 Å². The van der Waals surface area contributed by atoms with Crippen molar-refractivity contribution < 1.29 is 13.0 Å². The Kier molecular flexibility index (Phi) is 2.01. The Balaban J connectivity index is 3.27. The average molecular weight is 161 g/mol. The first-order valence-corrected chi connectivity index (χ1v) is 3.23. The van der Waals surface area contributed by atoms with E-state index in [0.29, 0.717) is 0 Å². The van der Waals surface area contributed by atoms with Gasteiger partial charge in [-0.3, -0.25) is 0 Å². The van der Waals surface area contributed by atoms with Crippen molar-refractivity contribution in [1.82, 2.24) is 0 Å². The first-order valence-electron chi connectivity index (χ1n) is 2.49. The van der Waals surface area contributed by atoms with Crippen molar-refractivity contribution in [3.05, 3.63) is 29.8 Å². The summed E-state index contributed by atoms with van der Waals surface area (Å²) in [6.07, 6.45) is 0. The third-order valence-electron chi connectivity index (χ3n) is 1.01. The van der Waals surface area contributed by atoms with Crippen LogP contribution in [0.5, 0.6) is 0 Å². The molecule has 0 N–H and O–H groups in total. The van der Waals surface area contributed by atoms with Gasteiger partial charge >= 0.3 is 16.6 Å². The second-order valence-electron chi connectivity index (χ2n) is 1.64. The smallest absolute Gasteiger partial charge is 0.204 e. The number of halogens is 2. The van der Waals surface area contributed by atoms with Gasteiger partial charge in [0.15, 0.2) is 5.82 Å². The summed E-state index contributed by atoms with van der Waals surface area (Å²) in [6.45, 7) is 0. The van der Waals surface area contributed by atoms with Crippen molar-refractivity contribution in [1.29, 1.82) is 0 Å². The number of rotatable bonds is 1. The van der Waals surface area contributed by atoms with Crippen LogP contribution in [0.3, 0.4) is 0 Å². The van der Waals surface area contributed by atoms with Crippen molar-refractivity contribution in [2.75, 3.05) is 0 Å². The molecule has 0 heterocycles. The van der Waals surface area contributed by atoms with Gasteiger partial charge in [0, 0.05) is 10.3 Å². The fraction of sp³-hybridized carbons (Fsp3) is 0. The maximum absolute atomic E-state index is 12.4. The van der Waals surface area contributed by atoms with E-state index in [2.05, 4.69) is 0 Å². The lowest BCUT2D eigenvalue weighted by molar-refractivity contribution is 0.489. The third-order valence-corrected chi connectivity index (χ3v) is 1.50. The molecule has 1 rings (SSSR count). The van der Waals surface area contributed by atoms with Crippen LogP contribution in [0.15, 0.2) is 23.1 Å². The maximum atomic E-state index is 12.4. The zero-order chi connectivity index (χ0) is 7.56. The molecule has 4 heteroatoms. The summed E-state index contributed by atoms with van der Waals surface area (Å²) in [7, 11) is 0. The summed E-state index contributed by atoms with van der Waals surface area (Å²) in [5.41, 5.74) is 0. The second kappa shape index (κ2) is 2.79. The number of hydrogen-bond acceptors (Lipinski definition) is 1. The van der Waals surface area contributed by atoms with Gasteiger partial charge in [0.2, 0.25) is 5.82 Å². The molecule has 1 nitrogen and oxygen atoms in total. The van der Waals surface area contributed by atoms with E-state index >= 15 is 0 Å². The van der Waals surface area contributed by atoms with Gasteiger partial charge in [0.05, 0.1) is 0 Å². The molecule has 0 spiro atoms. The fourth-order valence-electron chi connectivity index (χ4n) is 0.548. The fourth-order valence-corrected chi connectivity index (χ4v) is 0.853. The Bertz CT molecular complexity index is 262. The van der Waals surface area contributed by atoms with Crippen LogP contribution in [0, 0.1) is 11.6 Å². The molecule has 0 saturated heterocycles. The Hall–Kier alpha value is -0.900. The van der Waals surface area contributed by atoms with Crippen LogP contribution in [0.25, 0.3) is 0 Å². The van der Waals surface area contributed by atoms with E-state index in [-0.39, 0.29) is 16.6 Å². The monoisotopic (exact) mass is 161 g/mol. The van der Waals surface area contributed by atoms with Crippen molar-refractivity contribution in [2.45, 2.75) is 4.90 Å². The normalized spacial score (nSPS) is 9.40. The summed E-state index contributed by atoms with van der Waals surface area (Å²) in [6, 6.07) is 3.49. The van der Waals surface area contributed by atoms with Gasteiger partial charge in [0.1, 0.15) is 0 Å². The highest BCUT2D eigenvalue weighted by atomic mass is 32.1. The molecule has 0 aliphatic rings. The zero-order valence-corrected chi connectivity index (χ0v) is 5.62. The lowest BCUT2D eigenvalue weighted by Crippen LogP contribution is -1.86. The Morgan fingerprint density at radius 1 is 1.30 bits per heavy atom. The molecule has 0 amide bonds. The topological polar surface area (TPSA) is 17.1 Å². The lowest BCUT2D eigenvalue weighted by atomic mass is 10.3. The predicted molar refractivity (Wildman–Crippen MR) is 32.7 cm³/mol. The van der Waals surface area contributed by atoms with Crippen LogP contribution in [0.1, 0.15) is 0 Å². The Morgan fingerprint density at radius 3 is 2.50 bits per heavy atom. The summed E-state index contributed by atoms with van der Waals surface area (Å²) in [4.78, 5) is -0.208. The summed E-state index contributed by atoms with van der Waals surface area (Å²) < 4.78 is 34.7.